The predicted molar refractivity (Wildman–Crippen MR) is 111 cm³/mol. The van der Waals surface area contributed by atoms with Crippen LogP contribution in [0.4, 0.5) is 17.6 Å². The molecular weight excluding hydrogens is 410 g/mol. The number of alkyl halides is 3. The van der Waals surface area contributed by atoms with Gasteiger partial charge in [-0.3, -0.25) is 9.69 Å². The average molecular weight is 429 g/mol. The lowest BCUT2D eigenvalue weighted by atomic mass is 9.96. The van der Waals surface area contributed by atoms with Crippen molar-refractivity contribution in [3.8, 4) is 11.1 Å². The zero-order valence-corrected chi connectivity index (χ0v) is 16.8. The summed E-state index contributed by atoms with van der Waals surface area (Å²) in [6.07, 6.45) is 0.310. The minimum absolute atomic E-state index is 0.0327. The zero-order valence-electron chi connectivity index (χ0n) is 16.8. The summed E-state index contributed by atoms with van der Waals surface area (Å²) >= 11 is 0. The van der Waals surface area contributed by atoms with Gasteiger partial charge in [0.1, 0.15) is 11.6 Å². The third-order valence-corrected chi connectivity index (χ3v) is 4.88. The lowest BCUT2D eigenvalue weighted by molar-refractivity contribution is -0.137. The van der Waals surface area contributed by atoms with E-state index in [9.17, 15) is 27.5 Å². The van der Waals surface area contributed by atoms with Gasteiger partial charge in [0.25, 0.3) is 5.91 Å². The molecule has 1 aliphatic rings. The fourth-order valence-electron chi connectivity index (χ4n) is 3.22. The highest BCUT2D eigenvalue weighted by atomic mass is 19.4. The third kappa shape index (κ3) is 4.45. The van der Waals surface area contributed by atoms with Crippen molar-refractivity contribution < 1.29 is 27.5 Å². The molecular formula is C24H19F4NO2. The van der Waals surface area contributed by atoms with Gasteiger partial charge in [-0.1, -0.05) is 36.9 Å². The van der Waals surface area contributed by atoms with Crippen LogP contribution in [-0.2, 0) is 11.0 Å². The SMILES string of the molecule is C=C1C(C)=CC=CN1C(=O)/C(=C(\C)O)c1cccc(-c2ccc(C(F)(F)F)cc2F)c1. The molecule has 1 heterocycles. The standard InChI is InChI=1S/C24H19F4NO2/c1-14-6-5-11-29(15(14)2)23(31)22(16(3)30)18-8-4-7-17(12-18)20-10-9-19(13-21(20)25)24(26,27)28/h4-13,30H,2H2,1,3H3/b22-16+. The Morgan fingerprint density at radius 2 is 1.84 bits per heavy atom. The summed E-state index contributed by atoms with van der Waals surface area (Å²) in [5.41, 5.74) is 0.579. The molecule has 0 saturated heterocycles. The van der Waals surface area contributed by atoms with Crippen LogP contribution < -0.4 is 0 Å². The van der Waals surface area contributed by atoms with Crippen molar-refractivity contribution in [2.45, 2.75) is 20.0 Å². The molecule has 0 unspecified atom stereocenters. The molecule has 0 aromatic heterocycles. The van der Waals surface area contributed by atoms with E-state index in [0.29, 0.717) is 11.8 Å². The van der Waals surface area contributed by atoms with Crippen LogP contribution in [0.3, 0.4) is 0 Å². The number of nitrogens with zero attached hydrogens (tertiary/aromatic N) is 1. The van der Waals surface area contributed by atoms with E-state index >= 15 is 0 Å². The maximum Gasteiger partial charge on any atom is 0.416 e. The number of aliphatic hydroxyl groups excluding tert-OH is 1. The van der Waals surface area contributed by atoms with Gasteiger partial charge in [-0.2, -0.15) is 13.2 Å². The van der Waals surface area contributed by atoms with E-state index in [4.69, 9.17) is 0 Å². The fourth-order valence-corrected chi connectivity index (χ4v) is 3.22. The van der Waals surface area contributed by atoms with Crippen molar-refractivity contribution in [3.63, 3.8) is 0 Å². The Bertz CT molecular complexity index is 1150. The van der Waals surface area contributed by atoms with Crippen molar-refractivity contribution in [3.05, 3.63) is 101 Å². The van der Waals surface area contributed by atoms with Crippen LogP contribution in [0.2, 0.25) is 0 Å². The van der Waals surface area contributed by atoms with Crippen molar-refractivity contribution in [1.29, 1.82) is 0 Å². The highest BCUT2D eigenvalue weighted by Gasteiger charge is 2.31. The smallest absolute Gasteiger partial charge is 0.416 e. The van der Waals surface area contributed by atoms with E-state index in [-0.39, 0.29) is 28.0 Å². The third-order valence-electron chi connectivity index (χ3n) is 4.88. The van der Waals surface area contributed by atoms with Crippen LogP contribution >= 0.6 is 0 Å². The summed E-state index contributed by atoms with van der Waals surface area (Å²) in [6, 6.07) is 8.30. The van der Waals surface area contributed by atoms with Crippen LogP contribution in [-0.4, -0.2) is 15.9 Å². The highest BCUT2D eigenvalue weighted by Crippen LogP contribution is 2.34. The van der Waals surface area contributed by atoms with Crippen LogP contribution in [0.25, 0.3) is 16.7 Å². The molecule has 160 valence electrons. The number of aliphatic hydroxyl groups is 1. The lowest BCUT2D eigenvalue weighted by Crippen LogP contribution is -2.28. The van der Waals surface area contributed by atoms with Crippen molar-refractivity contribution in [1.82, 2.24) is 4.90 Å². The quantitative estimate of drug-likeness (QED) is 0.339. The number of halogens is 4. The summed E-state index contributed by atoms with van der Waals surface area (Å²) < 4.78 is 52.9. The van der Waals surface area contributed by atoms with Crippen molar-refractivity contribution in [2.24, 2.45) is 0 Å². The molecule has 7 heteroatoms. The molecule has 3 nitrogen and oxygen atoms in total. The second-order valence-corrected chi connectivity index (χ2v) is 7.05. The highest BCUT2D eigenvalue weighted by molar-refractivity contribution is 6.21. The van der Waals surface area contributed by atoms with Crippen molar-refractivity contribution >= 4 is 11.5 Å². The normalized spacial score (nSPS) is 15.0. The molecule has 3 rings (SSSR count). The Balaban J connectivity index is 2.02. The number of hydrogen-bond donors (Lipinski definition) is 1. The summed E-state index contributed by atoms with van der Waals surface area (Å²) in [6.45, 7) is 7.01. The molecule has 1 aliphatic heterocycles. The van der Waals surface area contributed by atoms with E-state index in [0.717, 1.165) is 17.7 Å². The number of rotatable bonds is 3. The molecule has 0 aliphatic carbocycles. The molecule has 0 saturated carbocycles. The fraction of sp³-hybridized carbons (Fsp3) is 0.125. The van der Waals surface area contributed by atoms with Gasteiger partial charge < -0.3 is 5.11 Å². The molecule has 0 fully saturated rings. The molecule has 1 N–H and O–H groups in total. The second kappa shape index (κ2) is 8.26. The van der Waals surface area contributed by atoms with E-state index in [1.165, 1.54) is 36.2 Å². The molecule has 0 bridgehead atoms. The first-order chi connectivity index (χ1) is 14.5. The van der Waals surface area contributed by atoms with E-state index in [1.807, 2.05) is 0 Å². The van der Waals surface area contributed by atoms with Gasteiger partial charge >= 0.3 is 6.18 Å². The van der Waals surface area contributed by atoms with Crippen molar-refractivity contribution in [2.75, 3.05) is 0 Å². The second-order valence-electron chi connectivity index (χ2n) is 7.05. The summed E-state index contributed by atoms with van der Waals surface area (Å²) in [7, 11) is 0. The average Bonchev–Trinajstić information content (AvgIpc) is 2.69. The van der Waals surface area contributed by atoms with Gasteiger partial charge in [-0.05, 0) is 54.8 Å². The maximum atomic E-state index is 14.4. The topological polar surface area (TPSA) is 40.5 Å². The Morgan fingerprint density at radius 1 is 1.13 bits per heavy atom. The minimum Gasteiger partial charge on any atom is -0.512 e. The largest absolute Gasteiger partial charge is 0.512 e. The van der Waals surface area contributed by atoms with Crippen LogP contribution in [0.5, 0.6) is 0 Å². The van der Waals surface area contributed by atoms with Crippen LogP contribution in [0, 0.1) is 5.82 Å². The lowest BCUT2D eigenvalue weighted by Gasteiger charge is -2.25. The molecule has 0 radical (unpaired) electrons. The first-order valence-corrected chi connectivity index (χ1v) is 9.26. The Morgan fingerprint density at radius 3 is 2.45 bits per heavy atom. The Kier molecular flexibility index (Phi) is 5.88. The van der Waals surface area contributed by atoms with Gasteiger partial charge in [-0.15, -0.1) is 0 Å². The number of carbonyl (C=O) groups is 1. The number of benzene rings is 2. The Labute approximate surface area is 176 Å². The molecule has 31 heavy (non-hydrogen) atoms. The van der Waals surface area contributed by atoms with Gasteiger partial charge in [0, 0.05) is 17.5 Å². The van der Waals surface area contributed by atoms with E-state index in [1.54, 1.807) is 25.1 Å². The first kappa shape index (κ1) is 22.1. The molecule has 0 atom stereocenters. The minimum atomic E-state index is -4.66. The summed E-state index contributed by atoms with van der Waals surface area (Å²) in [5, 5.41) is 10.2. The van der Waals surface area contributed by atoms with E-state index in [2.05, 4.69) is 6.58 Å². The molecule has 2 aromatic carbocycles. The number of carbonyl (C=O) groups excluding carboxylic acids is 1. The first-order valence-electron chi connectivity index (χ1n) is 9.26. The van der Waals surface area contributed by atoms with Crippen LogP contribution in [0.15, 0.2) is 84.4 Å². The van der Waals surface area contributed by atoms with Gasteiger partial charge in [0.2, 0.25) is 0 Å². The summed E-state index contributed by atoms with van der Waals surface area (Å²) in [5.74, 6) is -1.85. The predicted octanol–water partition coefficient (Wildman–Crippen LogP) is 6.62. The molecule has 2 aromatic rings. The van der Waals surface area contributed by atoms with Crippen LogP contribution in [0.1, 0.15) is 25.0 Å². The zero-order chi connectivity index (χ0) is 22.9. The molecule has 0 spiro atoms. The monoisotopic (exact) mass is 429 g/mol. The number of amides is 1. The number of hydrogen-bond acceptors (Lipinski definition) is 2. The van der Waals surface area contributed by atoms with E-state index < -0.39 is 23.5 Å². The van der Waals surface area contributed by atoms with Gasteiger partial charge in [0.05, 0.1) is 11.1 Å². The summed E-state index contributed by atoms with van der Waals surface area (Å²) in [4.78, 5) is 14.4. The number of allylic oxidation sites excluding steroid dienone is 4. The maximum absolute atomic E-state index is 14.4. The molecule has 1 amide bonds. The van der Waals surface area contributed by atoms with Gasteiger partial charge in [-0.25, -0.2) is 4.39 Å². The Hall–Kier alpha value is -3.61. The van der Waals surface area contributed by atoms with Gasteiger partial charge in [0.15, 0.2) is 0 Å².